The third-order valence-electron chi connectivity index (χ3n) is 4.09. The molecule has 0 unspecified atom stereocenters. The quantitative estimate of drug-likeness (QED) is 0.764. The Morgan fingerprint density at radius 1 is 1.06 bits per heavy atom. The van der Waals surface area contributed by atoms with Gasteiger partial charge in [0.15, 0.2) is 0 Å². The van der Waals surface area contributed by atoms with Crippen molar-refractivity contribution >= 4 is 0 Å². The fourth-order valence-corrected chi connectivity index (χ4v) is 2.34. The molecule has 0 amide bonds. The van der Waals surface area contributed by atoms with E-state index < -0.39 is 0 Å². The summed E-state index contributed by atoms with van der Waals surface area (Å²) in [5, 5.41) is 9.66. The van der Waals surface area contributed by atoms with Gasteiger partial charge in [0.25, 0.3) is 0 Å². The maximum absolute atomic E-state index is 9.66. The van der Waals surface area contributed by atoms with Crippen LogP contribution in [0.5, 0.6) is 0 Å². The van der Waals surface area contributed by atoms with E-state index in [1.54, 1.807) is 0 Å². The minimum Gasteiger partial charge on any atom is -0.396 e. The third kappa shape index (κ3) is 4.11. The molecule has 0 heterocycles. The van der Waals surface area contributed by atoms with E-state index in [1.165, 1.54) is 5.56 Å². The standard InChI is InChI=1S/C16H27NO/c1-4-16(5-2,14-18)13-17(6-3)12-15-10-8-7-9-11-15/h7-11,18H,4-6,12-14H2,1-3H3. The van der Waals surface area contributed by atoms with Gasteiger partial charge < -0.3 is 5.11 Å². The second kappa shape index (κ2) is 7.55. The monoisotopic (exact) mass is 249 g/mol. The molecule has 1 rings (SSSR count). The average Bonchev–Trinajstić information content (AvgIpc) is 2.45. The zero-order valence-electron chi connectivity index (χ0n) is 12.0. The molecule has 102 valence electrons. The normalized spacial score (nSPS) is 12.1. The first-order valence-electron chi connectivity index (χ1n) is 7.06. The number of nitrogens with zero attached hydrogens (tertiary/aromatic N) is 1. The maximum atomic E-state index is 9.66. The van der Waals surface area contributed by atoms with E-state index in [4.69, 9.17) is 0 Å². The summed E-state index contributed by atoms with van der Waals surface area (Å²) in [5.41, 5.74) is 1.41. The fraction of sp³-hybridized carbons (Fsp3) is 0.625. The van der Waals surface area contributed by atoms with Crippen LogP contribution in [0, 0.1) is 5.41 Å². The van der Waals surface area contributed by atoms with Gasteiger partial charge in [-0.2, -0.15) is 0 Å². The fourth-order valence-electron chi connectivity index (χ4n) is 2.34. The van der Waals surface area contributed by atoms with Crippen LogP contribution in [0.3, 0.4) is 0 Å². The van der Waals surface area contributed by atoms with Crippen molar-refractivity contribution in [1.29, 1.82) is 0 Å². The third-order valence-corrected chi connectivity index (χ3v) is 4.09. The van der Waals surface area contributed by atoms with Crippen LogP contribution >= 0.6 is 0 Å². The van der Waals surface area contributed by atoms with E-state index in [2.05, 4.69) is 56.0 Å². The lowest BCUT2D eigenvalue weighted by Gasteiger charge is -2.35. The molecule has 0 aliphatic heterocycles. The number of rotatable bonds is 8. The Labute approximate surface area is 112 Å². The largest absolute Gasteiger partial charge is 0.396 e. The van der Waals surface area contributed by atoms with Crippen molar-refractivity contribution in [2.75, 3.05) is 19.7 Å². The van der Waals surface area contributed by atoms with E-state index in [-0.39, 0.29) is 12.0 Å². The second-order valence-corrected chi connectivity index (χ2v) is 5.15. The van der Waals surface area contributed by atoms with Crippen molar-refractivity contribution in [3.8, 4) is 0 Å². The van der Waals surface area contributed by atoms with Gasteiger partial charge in [-0.05, 0) is 24.9 Å². The molecule has 2 heteroatoms. The van der Waals surface area contributed by atoms with Crippen molar-refractivity contribution in [2.45, 2.75) is 40.2 Å². The zero-order valence-corrected chi connectivity index (χ0v) is 12.0. The molecule has 1 aromatic rings. The molecule has 0 atom stereocenters. The van der Waals surface area contributed by atoms with E-state index >= 15 is 0 Å². The minimum atomic E-state index is 0.0603. The Balaban J connectivity index is 2.66. The highest BCUT2D eigenvalue weighted by Crippen LogP contribution is 2.27. The first kappa shape index (κ1) is 15.2. The van der Waals surface area contributed by atoms with Gasteiger partial charge in [0, 0.05) is 25.1 Å². The molecule has 0 radical (unpaired) electrons. The smallest absolute Gasteiger partial charge is 0.0499 e. The summed E-state index contributed by atoms with van der Waals surface area (Å²) in [7, 11) is 0. The van der Waals surface area contributed by atoms with Crippen LogP contribution in [0.15, 0.2) is 30.3 Å². The number of aliphatic hydroxyl groups excluding tert-OH is 1. The summed E-state index contributed by atoms with van der Waals surface area (Å²) < 4.78 is 0. The van der Waals surface area contributed by atoms with Crippen LogP contribution < -0.4 is 0 Å². The molecule has 0 spiro atoms. The van der Waals surface area contributed by atoms with E-state index in [1.807, 2.05) is 0 Å². The Morgan fingerprint density at radius 2 is 1.67 bits per heavy atom. The van der Waals surface area contributed by atoms with Gasteiger partial charge >= 0.3 is 0 Å². The molecule has 0 aliphatic rings. The van der Waals surface area contributed by atoms with Crippen LogP contribution in [-0.4, -0.2) is 29.7 Å². The van der Waals surface area contributed by atoms with Crippen molar-refractivity contribution < 1.29 is 5.11 Å². The average molecular weight is 249 g/mol. The Morgan fingerprint density at radius 3 is 2.11 bits per heavy atom. The summed E-state index contributed by atoms with van der Waals surface area (Å²) in [6, 6.07) is 10.6. The molecule has 1 N–H and O–H groups in total. The highest BCUT2D eigenvalue weighted by atomic mass is 16.3. The summed E-state index contributed by atoms with van der Waals surface area (Å²) >= 11 is 0. The first-order chi connectivity index (χ1) is 8.69. The molecule has 0 saturated carbocycles. The Hall–Kier alpha value is -0.860. The lowest BCUT2D eigenvalue weighted by Crippen LogP contribution is -2.39. The van der Waals surface area contributed by atoms with Crippen LogP contribution in [-0.2, 0) is 6.54 Å². The predicted molar refractivity (Wildman–Crippen MR) is 77.5 cm³/mol. The molecule has 0 fully saturated rings. The summed E-state index contributed by atoms with van der Waals surface area (Å²) in [6.45, 7) is 9.80. The van der Waals surface area contributed by atoms with Crippen molar-refractivity contribution in [3.05, 3.63) is 35.9 Å². The molecule has 0 bridgehead atoms. The van der Waals surface area contributed by atoms with Crippen molar-refractivity contribution in [2.24, 2.45) is 5.41 Å². The van der Waals surface area contributed by atoms with Crippen LogP contribution in [0.2, 0.25) is 0 Å². The summed E-state index contributed by atoms with van der Waals surface area (Å²) in [6.07, 6.45) is 2.07. The molecule has 0 aliphatic carbocycles. The van der Waals surface area contributed by atoms with Gasteiger partial charge in [0.1, 0.15) is 0 Å². The SMILES string of the molecule is CCN(Cc1ccccc1)CC(CC)(CC)CO. The molecule has 0 aromatic heterocycles. The molecule has 1 aromatic carbocycles. The maximum Gasteiger partial charge on any atom is 0.0499 e. The van der Waals surface area contributed by atoms with Crippen LogP contribution in [0.4, 0.5) is 0 Å². The summed E-state index contributed by atoms with van der Waals surface area (Å²) in [5.74, 6) is 0. The van der Waals surface area contributed by atoms with E-state index in [9.17, 15) is 5.11 Å². The molecule has 2 nitrogen and oxygen atoms in total. The molecule has 0 saturated heterocycles. The predicted octanol–water partition coefficient (Wildman–Crippen LogP) is 3.31. The van der Waals surface area contributed by atoms with Crippen LogP contribution in [0.25, 0.3) is 0 Å². The minimum absolute atomic E-state index is 0.0603. The summed E-state index contributed by atoms with van der Waals surface area (Å²) in [4.78, 5) is 2.43. The van der Waals surface area contributed by atoms with Gasteiger partial charge in [-0.15, -0.1) is 0 Å². The first-order valence-corrected chi connectivity index (χ1v) is 7.06. The molecular weight excluding hydrogens is 222 g/mol. The highest BCUT2D eigenvalue weighted by molar-refractivity contribution is 5.14. The van der Waals surface area contributed by atoms with Gasteiger partial charge in [-0.3, -0.25) is 4.90 Å². The van der Waals surface area contributed by atoms with Crippen LogP contribution in [0.1, 0.15) is 39.2 Å². The lowest BCUT2D eigenvalue weighted by molar-refractivity contribution is 0.0647. The molecular formula is C16H27NO. The lowest BCUT2D eigenvalue weighted by atomic mass is 9.82. The van der Waals surface area contributed by atoms with Gasteiger partial charge in [0.05, 0.1) is 0 Å². The number of hydrogen-bond donors (Lipinski definition) is 1. The zero-order chi connectivity index (χ0) is 13.4. The number of hydrogen-bond acceptors (Lipinski definition) is 2. The van der Waals surface area contributed by atoms with Gasteiger partial charge in [0.2, 0.25) is 0 Å². The van der Waals surface area contributed by atoms with Gasteiger partial charge in [-0.25, -0.2) is 0 Å². The number of aliphatic hydroxyl groups is 1. The van der Waals surface area contributed by atoms with Crippen molar-refractivity contribution in [3.63, 3.8) is 0 Å². The topological polar surface area (TPSA) is 23.5 Å². The highest BCUT2D eigenvalue weighted by Gasteiger charge is 2.27. The second-order valence-electron chi connectivity index (χ2n) is 5.15. The van der Waals surface area contributed by atoms with E-state index in [0.717, 1.165) is 32.5 Å². The van der Waals surface area contributed by atoms with E-state index in [0.29, 0.717) is 0 Å². The van der Waals surface area contributed by atoms with Gasteiger partial charge in [-0.1, -0.05) is 51.1 Å². The number of benzene rings is 1. The Kier molecular flexibility index (Phi) is 6.37. The molecule has 18 heavy (non-hydrogen) atoms. The van der Waals surface area contributed by atoms with Crippen molar-refractivity contribution in [1.82, 2.24) is 4.90 Å². The Bertz CT molecular complexity index is 311.